The lowest BCUT2D eigenvalue weighted by atomic mass is 10.1. The van der Waals surface area contributed by atoms with Crippen LogP contribution in [0, 0.1) is 0 Å². The summed E-state index contributed by atoms with van der Waals surface area (Å²) in [6.45, 7) is 3.90. The van der Waals surface area contributed by atoms with E-state index in [1.54, 1.807) is 14.2 Å². The number of nitrogens with one attached hydrogen (secondary N) is 1. The molecule has 90 valence electrons. The van der Waals surface area contributed by atoms with Crippen LogP contribution in [0.1, 0.15) is 13.8 Å². The molecule has 0 saturated carbocycles. The van der Waals surface area contributed by atoms with Gasteiger partial charge in [0, 0.05) is 11.8 Å². The van der Waals surface area contributed by atoms with Gasteiger partial charge in [-0.25, -0.2) is 0 Å². The Morgan fingerprint density at radius 3 is 2.31 bits per heavy atom. The average molecular weight is 225 g/mol. The van der Waals surface area contributed by atoms with E-state index in [0.717, 1.165) is 5.69 Å². The van der Waals surface area contributed by atoms with Crippen LogP contribution in [0.25, 0.3) is 0 Å². The molecule has 1 rings (SSSR count). The van der Waals surface area contributed by atoms with Gasteiger partial charge in [-0.1, -0.05) is 0 Å². The second-order valence-electron chi connectivity index (χ2n) is 4.24. The maximum absolute atomic E-state index is 9.16. The van der Waals surface area contributed by atoms with E-state index in [1.165, 1.54) is 0 Å². The summed E-state index contributed by atoms with van der Waals surface area (Å²) in [6.07, 6.45) is 0. The summed E-state index contributed by atoms with van der Waals surface area (Å²) in [7, 11) is 3.20. The first-order valence-corrected chi connectivity index (χ1v) is 5.13. The first-order valence-electron chi connectivity index (χ1n) is 5.13. The Hall–Kier alpha value is -1.42. The van der Waals surface area contributed by atoms with Crippen molar-refractivity contribution in [3.8, 4) is 11.5 Å². The molecule has 0 radical (unpaired) electrons. The first kappa shape index (κ1) is 12.6. The predicted molar refractivity (Wildman–Crippen MR) is 64.3 cm³/mol. The van der Waals surface area contributed by atoms with Crippen molar-refractivity contribution < 1.29 is 14.6 Å². The van der Waals surface area contributed by atoms with Crippen molar-refractivity contribution in [2.75, 3.05) is 26.1 Å². The van der Waals surface area contributed by atoms with Gasteiger partial charge in [0.1, 0.15) is 0 Å². The van der Waals surface area contributed by atoms with Crippen LogP contribution in [0.2, 0.25) is 0 Å². The SMILES string of the molecule is COc1ccc(NC(C)(C)CO)cc1OC. The highest BCUT2D eigenvalue weighted by Crippen LogP contribution is 2.30. The number of anilines is 1. The van der Waals surface area contributed by atoms with Crippen molar-refractivity contribution >= 4 is 5.69 Å². The van der Waals surface area contributed by atoms with Gasteiger partial charge in [-0.3, -0.25) is 0 Å². The number of ether oxygens (including phenoxy) is 2. The van der Waals surface area contributed by atoms with Crippen LogP contribution in [0.4, 0.5) is 5.69 Å². The van der Waals surface area contributed by atoms with E-state index in [9.17, 15) is 0 Å². The molecule has 0 atom stereocenters. The van der Waals surface area contributed by atoms with Crippen LogP contribution in [0.5, 0.6) is 11.5 Å². The van der Waals surface area contributed by atoms with Gasteiger partial charge >= 0.3 is 0 Å². The molecular weight excluding hydrogens is 206 g/mol. The zero-order valence-corrected chi connectivity index (χ0v) is 10.2. The van der Waals surface area contributed by atoms with Crippen LogP contribution in [-0.2, 0) is 0 Å². The smallest absolute Gasteiger partial charge is 0.162 e. The van der Waals surface area contributed by atoms with Gasteiger partial charge in [0.15, 0.2) is 11.5 Å². The molecule has 4 heteroatoms. The van der Waals surface area contributed by atoms with E-state index in [1.807, 2.05) is 32.0 Å². The quantitative estimate of drug-likeness (QED) is 0.803. The summed E-state index contributed by atoms with van der Waals surface area (Å²) in [6, 6.07) is 5.56. The number of aliphatic hydroxyl groups excluding tert-OH is 1. The zero-order chi connectivity index (χ0) is 12.2. The third kappa shape index (κ3) is 3.03. The third-order valence-corrected chi connectivity index (χ3v) is 2.26. The Morgan fingerprint density at radius 2 is 1.81 bits per heavy atom. The lowest BCUT2D eigenvalue weighted by molar-refractivity contribution is 0.234. The molecule has 0 saturated heterocycles. The number of hydrogen-bond acceptors (Lipinski definition) is 4. The van der Waals surface area contributed by atoms with E-state index in [2.05, 4.69) is 5.32 Å². The average Bonchev–Trinajstić information content (AvgIpc) is 2.28. The fourth-order valence-corrected chi connectivity index (χ4v) is 1.34. The molecular formula is C12H19NO3. The van der Waals surface area contributed by atoms with Crippen LogP contribution in [-0.4, -0.2) is 31.5 Å². The van der Waals surface area contributed by atoms with E-state index in [-0.39, 0.29) is 12.1 Å². The number of methoxy groups -OCH3 is 2. The van der Waals surface area contributed by atoms with E-state index in [0.29, 0.717) is 11.5 Å². The number of hydrogen-bond donors (Lipinski definition) is 2. The normalized spacial score (nSPS) is 11.1. The van der Waals surface area contributed by atoms with Gasteiger partial charge in [-0.05, 0) is 26.0 Å². The summed E-state index contributed by atoms with van der Waals surface area (Å²) in [4.78, 5) is 0. The van der Waals surface area contributed by atoms with Gasteiger partial charge in [0.25, 0.3) is 0 Å². The van der Waals surface area contributed by atoms with Crippen molar-refractivity contribution in [1.82, 2.24) is 0 Å². The van der Waals surface area contributed by atoms with Crippen molar-refractivity contribution in [3.05, 3.63) is 18.2 Å². The fraction of sp³-hybridized carbons (Fsp3) is 0.500. The molecule has 0 unspecified atom stereocenters. The minimum absolute atomic E-state index is 0.0569. The maximum atomic E-state index is 9.16. The predicted octanol–water partition coefficient (Wildman–Crippen LogP) is 1.89. The van der Waals surface area contributed by atoms with Gasteiger partial charge in [0.2, 0.25) is 0 Å². The monoisotopic (exact) mass is 225 g/mol. The molecule has 4 nitrogen and oxygen atoms in total. The largest absolute Gasteiger partial charge is 0.493 e. The van der Waals surface area contributed by atoms with Gasteiger partial charge in [0.05, 0.1) is 26.4 Å². The minimum Gasteiger partial charge on any atom is -0.493 e. The van der Waals surface area contributed by atoms with Crippen molar-refractivity contribution in [1.29, 1.82) is 0 Å². The molecule has 0 bridgehead atoms. The topological polar surface area (TPSA) is 50.7 Å². The molecule has 0 fully saturated rings. The second kappa shape index (κ2) is 5.07. The molecule has 0 spiro atoms. The van der Waals surface area contributed by atoms with Gasteiger partial charge in [-0.2, -0.15) is 0 Å². The molecule has 1 aromatic carbocycles. The van der Waals surface area contributed by atoms with Crippen molar-refractivity contribution in [2.45, 2.75) is 19.4 Å². The fourth-order valence-electron chi connectivity index (χ4n) is 1.34. The van der Waals surface area contributed by atoms with Crippen molar-refractivity contribution in [3.63, 3.8) is 0 Å². The molecule has 1 aromatic rings. The summed E-state index contributed by atoms with van der Waals surface area (Å²) in [5.41, 5.74) is 0.524. The third-order valence-electron chi connectivity index (χ3n) is 2.26. The lowest BCUT2D eigenvalue weighted by Gasteiger charge is -2.25. The summed E-state index contributed by atoms with van der Waals surface area (Å²) < 4.78 is 10.3. The molecule has 0 aliphatic rings. The Balaban J connectivity index is 2.91. The van der Waals surface area contributed by atoms with E-state index in [4.69, 9.17) is 14.6 Å². The molecule has 0 amide bonds. The lowest BCUT2D eigenvalue weighted by Crippen LogP contribution is -2.34. The summed E-state index contributed by atoms with van der Waals surface area (Å²) in [5.74, 6) is 1.36. The first-order chi connectivity index (χ1) is 7.52. The van der Waals surface area contributed by atoms with Gasteiger partial charge in [-0.15, -0.1) is 0 Å². The molecule has 0 heterocycles. The summed E-state index contributed by atoms with van der Waals surface area (Å²) >= 11 is 0. The van der Waals surface area contributed by atoms with Crippen LogP contribution >= 0.6 is 0 Å². The Kier molecular flexibility index (Phi) is 4.01. The molecule has 0 aliphatic carbocycles. The molecule has 2 N–H and O–H groups in total. The minimum atomic E-state index is -0.362. The Morgan fingerprint density at radius 1 is 1.19 bits per heavy atom. The van der Waals surface area contributed by atoms with Crippen molar-refractivity contribution in [2.24, 2.45) is 0 Å². The molecule has 0 aliphatic heterocycles. The Labute approximate surface area is 96.2 Å². The van der Waals surface area contributed by atoms with E-state index < -0.39 is 0 Å². The highest BCUT2D eigenvalue weighted by molar-refractivity contribution is 5.55. The van der Waals surface area contributed by atoms with E-state index >= 15 is 0 Å². The molecule has 16 heavy (non-hydrogen) atoms. The number of aliphatic hydroxyl groups is 1. The Bertz CT molecular complexity index is 350. The van der Waals surface area contributed by atoms with Crippen LogP contribution in [0.3, 0.4) is 0 Å². The van der Waals surface area contributed by atoms with Gasteiger partial charge < -0.3 is 19.9 Å². The molecule has 0 aromatic heterocycles. The number of rotatable bonds is 5. The highest BCUT2D eigenvalue weighted by atomic mass is 16.5. The highest BCUT2D eigenvalue weighted by Gasteiger charge is 2.16. The maximum Gasteiger partial charge on any atom is 0.162 e. The second-order valence-corrected chi connectivity index (χ2v) is 4.24. The number of benzene rings is 1. The van der Waals surface area contributed by atoms with Crippen LogP contribution < -0.4 is 14.8 Å². The standard InChI is InChI=1S/C12H19NO3/c1-12(2,8-14)13-9-5-6-10(15-3)11(7-9)16-4/h5-7,13-14H,8H2,1-4H3. The van der Waals surface area contributed by atoms with Crippen LogP contribution in [0.15, 0.2) is 18.2 Å². The zero-order valence-electron chi connectivity index (χ0n) is 10.2. The summed E-state index contributed by atoms with van der Waals surface area (Å²) in [5, 5.41) is 12.4.